The van der Waals surface area contributed by atoms with E-state index in [2.05, 4.69) is 15.1 Å². The first-order valence-corrected chi connectivity index (χ1v) is 7.22. The topological polar surface area (TPSA) is 162 Å². The van der Waals surface area contributed by atoms with E-state index in [1.807, 2.05) is 5.53 Å². The van der Waals surface area contributed by atoms with E-state index < -0.39 is 10.0 Å². The zero-order valence-corrected chi connectivity index (χ0v) is 11.6. The highest BCUT2D eigenvalue weighted by atomic mass is 32.2. The van der Waals surface area contributed by atoms with Gasteiger partial charge in [-0.25, -0.2) is 34.9 Å². The lowest BCUT2D eigenvalue weighted by Crippen LogP contribution is -2.27. The van der Waals surface area contributed by atoms with Crippen molar-refractivity contribution in [3.63, 3.8) is 0 Å². The number of sulfonamides is 1. The molecule has 110 valence electrons. The van der Waals surface area contributed by atoms with Crippen LogP contribution in [0.1, 0.15) is 5.56 Å². The second-order valence-corrected chi connectivity index (χ2v) is 5.45. The molecule has 2 aromatic rings. The number of amidine groups is 1. The van der Waals surface area contributed by atoms with Crippen LogP contribution in [0.2, 0.25) is 0 Å². The Morgan fingerprint density at radius 3 is 2.43 bits per heavy atom. The molecule has 7 N–H and O–H groups in total. The highest BCUT2D eigenvalue weighted by molar-refractivity contribution is 7.89. The SMILES string of the molecule is NN/N=C(\N)c1c(-c2ncccn2)cccc1S(N)(=O)=O. The van der Waals surface area contributed by atoms with Crippen LogP contribution >= 0.6 is 0 Å². The number of hydrogen-bond acceptors (Lipinski definition) is 7. The van der Waals surface area contributed by atoms with Gasteiger partial charge < -0.3 is 5.73 Å². The van der Waals surface area contributed by atoms with Crippen LogP contribution in [0.3, 0.4) is 0 Å². The van der Waals surface area contributed by atoms with Crippen molar-refractivity contribution in [2.45, 2.75) is 4.90 Å². The van der Waals surface area contributed by atoms with E-state index in [9.17, 15) is 8.42 Å². The third kappa shape index (κ3) is 3.13. The van der Waals surface area contributed by atoms with Crippen molar-refractivity contribution in [2.75, 3.05) is 0 Å². The fourth-order valence-electron chi connectivity index (χ4n) is 1.78. The van der Waals surface area contributed by atoms with Crippen molar-refractivity contribution in [3.8, 4) is 11.4 Å². The average molecular weight is 307 g/mol. The first kappa shape index (κ1) is 14.8. The first-order valence-electron chi connectivity index (χ1n) is 5.67. The molecule has 0 aliphatic carbocycles. The van der Waals surface area contributed by atoms with Crippen LogP contribution in [0.15, 0.2) is 46.7 Å². The summed E-state index contributed by atoms with van der Waals surface area (Å²) in [4.78, 5) is 7.94. The lowest BCUT2D eigenvalue weighted by Gasteiger charge is -2.12. The summed E-state index contributed by atoms with van der Waals surface area (Å²) in [5.41, 5.74) is 8.24. The van der Waals surface area contributed by atoms with E-state index >= 15 is 0 Å². The van der Waals surface area contributed by atoms with Gasteiger partial charge in [-0.2, -0.15) is 0 Å². The zero-order chi connectivity index (χ0) is 15.5. The molecule has 0 fully saturated rings. The van der Waals surface area contributed by atoms with Crippen molar-refractivity contribution < 1.29 is 8.42 Å². The Kier molecular flexibility index (Phi) is 4.12. The molecule has 0 atom stereocenters. The predicted octanol–water partition coefficient (Wildman–Crippen LogP) is -1.13. The maximum atomic E-state index is 11.7. The number of hydrazone groups is 1. The molecule has 1 heterocycles. The monoisotopic (exact) mass is 307 g/mol. The Bertz CT molecular complexity index is 774. The maximum Gasteiger partial charge on any atom is 0.238 e. The first-order chi connectivity index (χ1) is 9.95. The van der Waals surface area contributed by atoms with Crippen LogP contribution in [0.5, 0.6) is 0 Å². The van der Waals surface area contributed by atoms with Crippen LogP contribution in [-0.4, -0.2) is 24.2 Å². The second-order valence-electron chi connectivity index (χ2n) is 3.92. The fraction of sp³-hybridized carbons (Fsp3) is 0. The summed E-state index contributed by atoms with van der Waals surface area (Å²) in [6, 6.07) is 6.07. The molecule has 21 heavy (non-hydrogen) atoms. The quantitative estimate of drug-likeness (QED) is 0.240. The lowest BCUT2D eigenvalue weighted by molar-refractivity contribution is 0.597. The third-order valence-corrected chi connectivity index (χ3v) is 3.53. The number of primary sulfonamides is 1. The molecule has 0 aliphatic heterocycles. The smallest absolute Gasteiger partial charge is 0.238 e. The zero-order valence-electron chi connectivity index (χ0n) is 10.8. The molecule has 2 rings (SSSR count). The van der Waals surface area contributed by atoms with Crippen molar-refractivity contribution in [1.82, 2.24) is 15.5 Å². The lowest BCUT2D eigenvalue weighted by atomic mass is 10.1. The van der Waals surface area contributed by atoms with Crippen LogP contribution < -0.4 is 22.3 Å². The molecule has 1 aromatic heterocycles. The van der Waals surface area contributed by atoms with Gasteiger partial charge >= 0.3 is 0 Å². The molecule has 0 amide bonds. The van der Waals surface area contributed by atoms with Crippen molar-refractivity contribution in [3.05, 3.63) is 42.2 Å². The van der Waals surface area contributed by atoms with E-state index in [1.165, 1.54) is 24.5 Å². The van der Waals surface area contributed by atoms with E-state index in [1.54, 1.807) is 12.1 Å². The van der Waals surface area contributed by atoms with Crippen molar-refractivity contribution >= 4 is 15.9 Å². The van der Waals surface area contributed by atoms with Gasteiger partial charge in [0.05, 0.1) is 4.90 Å². The number of aromatic nitrogens is 2. The van der Waals surface area contributed by atoms with Gasteiger partial charge in [0.1, 0.15) is 0 Å². The van der Waals surface area contributed by atoms with Gasteiger partial charge in [-0.1, -0.05) is 12.1 Å². The largest absolute Gasteiger partial charge is 0.382 e. The number of hydrogen-bond donors (Lipinski definition) is 4. The summed E-state index contributed by atoms with van der Waals surface area (Å²) >= 11 is 0. The third-order valence-electron chi connectivity index (χ3n) is 2.58. The molecular weight excluding hydrogens is 294 g/mol. The highest BCUT2D eigenvalue weighted by Gasteiger charge is 2.21. The second kappa shape index (κ2) is 5.83. The van der Waals surface area contributed by atoms with E-state index in [-0.39, 0.29) is 22.1 Å². The van der Waals surface area contributed by atoms with Gasteiger partial charge in [-0.05, 0) is 12.1 Å². The Morgan fingerprint density at radius 2 is 1.86 bits per heavy atom. The standard InChI is InChI=1S/C11H13N7O2S/c12-10(17-18-13)9-7(11-15-5-2-6-16-11)3-1-4-8(9)21(14,19)20/h1-6,18H,13H2,(H2,12,17)(H2,14,19,20). The van der Waals surface area contributed by atoms with E-state index in [4.69, 9.17) is 16.7 Å². The van der Waals surface area contributed by atoms with Gasteiger partial charge in [0.15, 0.2) is 11.7 Å². The molecule has 0 radical (unpaired) electrons. The van der Waals surface area contributed by atoms with Crippen LogP contribution in [0, 0.1) is 0 Å². The van der Waals surface area contributed by atoms with Gasteiger partial charge in [0, 0.05) is 23.5 Å². The number of nitrogens with one attached hydrogen (secondary N) is 1. The minimum Gasteiger partial charge on any atom is -0.382 e. The highest BCUT2D eigenvalue weighted by Crippen LogP contribution is 2.25. The van der Waals surface area contributed by atoms with Crippen molar-refractivity contribution in [1.29, 1.82) is 0 Å². The minimum absolute atomic E-state index is 0.0872. The van der Waals surface area contributed by atoms with E-state index in [0.29, 0.717) is 5.56 Å². The van der Waals surface area contributed by atoms with Crippen LogP contribution in [-0.2, 0) is 10.0 Å². The summed E-state index contributed by atoms with van der Waals surface area (Å²) in [6.45, 7) is 0. The van der Waals surface area contributed by atoms with Gasteiger partial charge in [-0.15, -0.1) is 5.10 Å². The molecule has 1 aromatic carbocycles. The number of nitrogens with two attached hydrogens (primary N) is 3. The van der Waals surface area contributed by atoms with Gasteiger partial charge in [-0.3, -0.25) is 0 Å². The number of hydrazine groups is 1. The Morgan fingerprint density at radius 1 is 1.19 bits per heavy atom. The van der Waals surface area contributed by atoms with E-state index in [0.717, 1.165) is 0 Å². The van der Waals surface area contributed by atoms with Crippen LogP contribution in [0.25, 0.3) is 11.4 Å². The number of rotatable bonds is 4. The Labute approximate surface area is 120 Å². The Balaban J connectivity index is 2.81. The summed E-state index contributed by atoms with van der Waals surface area (Å²) < 4.78 is 23.4. The fourth-order valence-corrected chi connectivity index (χ4v) is 2.55. The molecule has 0 saturated heterocycles. The van der Waals surface area contributed by atoms with Crippen molar-refractivity contribution in [2.24, 2.45) is 21.8 Å². The summed E-state index contributed by atoms with van der Waals surface area (Å²) in [5.74, 6) is 5.22. The molecule has 0 spiro atoms. The molecular formula is C11H13N7O2S. The summed E-state index contributed by atoms with van der Waals surface area (Å²) in [7, 11) is -4.01. The number of benzene rings is 1. The minimum atomic E-state index is -4.01. The molecule has 10 heteroatoms. The Hall–Kier alpha value is -2.56. The average Bonchev–Trinajstić information content (AvgIpc) is 2.46. The molecule has 9 nitrogen and oxygen atoms in total. The van der Waals surface area contributed by atoms with Gasteiger partial charge in [0.25, 0.3) is 0 Å². The van der Waals surface area contributed by atoms with Gasteiger partial charge in [0.2, 0.25) is 10.0 Å². The molecule has 0 saturated carbocycles. The summed E-state index contributed by atoms with van der Waals surface area (Å²) in [6.07, 6.45) is 3.04. The predicted molar refractivity (Wildman–Crippen MR) is 76.9 cm³/mol. The number of nitrogens with zero attached hydrogens (tertiary/aromatic N) is 3. The molecule has 0 aliphatic rings. The van der Waals surface area contributed by atoms with Crippen LogP contribution in [0.4, 0.5) is 0 Å². The maximum absolute atomic E-state index is 11.7. The molecule has 0 unspecified atom stereocenters. The molecule has 0 bridgehead atoms. The summed E-state index contributed by atoms with van der Waals surface area (Å²) in [5, 5.41) is 8.81. The normalized spacial score (nSPS) is 12.2.